The lowest BCUT2D eigenvalue weighted by atomic mass is 10.0. The molecule has 4 heteroatoms. The van der Waals surface area contributed by atoms with Crippen molar-refractivity contribution in [1.29, 1.82) is 0 Å². The first-order chi connectivity index (χ1) is 9.67. The van der Waals surface area contributed by atoms with E-state index in [1.165, 1.54) is 34.8 Å². The third-order valence-corrected chi connectivity index (χ3v) is 5.20. The number of aryl methyl sites for hydroxylation is 1. The Hall–Kier alpha value is -0.290. The summed E-state index contributed by atoms with van der Waals surface area (Å²) >= 11 is 8.31. The molecule has 0 atom stereocenters. The maximum absolute atomic E-state index is 5.96. The molecular weight excluding hydrogens is 383 g/mol. The zero-order chi connectivity index (χ0) is 14.2. The topological polar surface area (TPSA) is 17.8 Å². The molecule has 20 heavy (non-hydrogen) atoms. The molecule has 0 saturated heterocycles. The Morgan fingerprint density at radius 1 is 1.40 bits per heavy atom. The van der Waals surface area contributed by atoms with E-state index in [-0.39, 0.29) is 0 Å². The molecule has 2 aromatic rings. The molecule has 2 nitrogen and oxygen atoms in total. The van der Waals surface area contributed by atoms with Gasteiger partial charge in [-0.25, -0.2) is 4.98 Å². The first-order valence-corrected chi connectivity index (χ1v) is 8.99. The van der Waals surface area contributed by atoms with Crippen LogP contribution in [-0.4, -0.2) is 15.4 Å². The van der Waals surface area contributed by atoms with Gasteiger partial charge in [0.15, 0.2) is 0 Å². The van der Waals surface area contributed by atoms with Crippen LogP contribution in [0.25, 0.3) is 11.0 Å². The molecule has 1 aromatic carbocycles. The second-order valence-corrected chi connectivity index (χ2v) is 7.56. The molecule has 108 valence electrons. The first-order valence-electron chi connectivity index (χ1n) is 7.38. The number of alkyl halides is 1. The number of rotatable bonds is 6. The van der Waals surface area contributed by atoms with E-state index in [0.717, 1.165) is 24.3 Å². The van der Waals surface area contributed by atoms with Gasteiger partial charge in [-0.2, -0.15) is 0 Å². The zero-order valence-electron chi connectivity index (χ0n) is 11.8. The molecule has 0 radical (unpaired) electrons. The smallest absolute Gasteiger partial charge is 0.111 e. The molecule has 0 N–H and O–H groups in total. The molecule has 1 fully saturated rings. The van der Waals surface area contributed by atoms with Crippen LogP contribution >= 0.6 is 34.2 Å². The number of fused-ring (bicyclic) bond motifs is 1. The second kappa shape index (κ2) is 5.84. The summed E-state index contributed by atoms with van der Waals surface area (Å²) in [6.45, 7) is 3.40. The van der Waals surface area contributed by atoms with E-state index in [1.54, 1.807) is 0 Å². The molecule has 0 aliphatic heterocycles. The van der Waals surface area contributed by atoms with Crippen molar-refractivity contribution in [2.45, 2.75) is 45.6 Å². The summed E-state index contributed by atoms with van der Waals surface area (Å²) in [5.41, 5.74) is 2.92. The zero-order valence-corrected chi connectivity index (χ0v) is 14.7. The van der Waals surface area contributed by atoms with E-state index in [4.69, 9.17) is 16.6 Å². The number of hydrogen-bond donors (Lipinski definition) is 0. The molecule has 0 unspecified atom stereocenters. The van der Waals surface area contributed by atoms with Crippen molar-refractivity contribution in [2.75, 3.05) is 5.88 Å². The van der Waals surface area contributed by atoms with Gasteiger partial charge in [-0.3, -0.25) is 0 Å². The Bertz CT molecular complexity index is 616. The average molecular weight is 403 g/mol. The molecular formula is C16H20ClIN2. The number of imidazole rings is 1. The number of benzene rings is 1. The van der Waals surface area contributed by atoms with E-state index < -0.39 is 0 Å². The average Bonchev–Trinajstić information content (AvgIpc) is 3.09. The maximum atomic E-state index is 5.96. The van der Waals surface area contributed by atoms with E-state index in [0.29, 0.717) is 11.3 Å². The summed E-state index contributed by atoms with van der Waals surface area (Å²) in [5.74, 6) is 1.79. The van der Waals surface area contributed by atoms with Crippen molar-refractivity contribution < 1.29 is 0 Å². The minimum atomic E-state index is 0.534. The Labute approximate surface area is 139 Å². The van der Waals surface area contributed by atoms with Gasteiger partial charge < -0.3 is 4.57 Å². The van der Waals surface area contributed by atoms with Crippen molar-refractivity contribution in [2.24, 2.45) is 5.41 Å². The number of nitrogens with zero attached hydrogens (tertiary/aromatic N) is 2. The monoisotopic (exact) mass is 402 g/mol. The van der Waals surface area contributed by atoms with Gasteiger partial charge in [0.1, 0.15) is 5.82 Å². The lowest BCUT2D eigenvalue weighted by Gasteiger charge is -2.17. The fourth-order valence-corrected chi connectivity index (χ4v) is 3.78. The summed E-state index contributed by atoms with van der Waals surface area (Å²) < 4.78 is 3.67. The number of halogens is 2. The van der Waals surface area contributed by atoms with Crippen molar-refractivity contribution in [3.63, 3.8) is 0 Å². The van der Waals surface area contributed by atoms with Gasteiger partial charge in [0.25, 0.3) is 0 Å². The highest BCUT2D eigenvalue weighted by molar-refractivity contribution is 14.1. The van der Waals surface area contributed by atoms with Gasteiger partial charge in [-0.1, -0.05) is 13.3 Å². The van der Waals surface area contributed by atoms with Gasteiger partial charge in [0.05, 0.1) is 11.0 Å². The molecule has 0 spiro atoms. The van der Waals surface area contributed by atoms with Crippen molar-refractivity contribution >= 4 is 45.2 Å². The summed E-state index contributed by atoms with van der Waals surface area (Å²) in [6.07, 6.45) is 6.19. The summed E-state index contributed by atoms with van der Waals surface area (Å²) in [7, 11) is 0. The lowest BCUT2D eigenvalue weighted by Crippen LogP contribution is -2.14. The van der Waals surface area contributed by atoms with Gasteiger partial charge in [-0.05, 0) is 65.5 Å². The molecule has 1 saturated carbocycles. The second-order valence-electron chi connectivity index (χ2n) is 5.94. The van der Waals surface area contributed by atoms with E-state index >= 15 is 0 Å². The summed E-state index contributed by atoms with van der Waals surface area (Å²) in [6, 6.07) is 6.55. The van der Waals surface area contributed by atoms with Crippen molar-refractivity contribution in [1.82, 2.24) is 9.55 Å². The van der Waals surface area contributed by atoms with Gasteiger partial charge >= 0.3 is 0 Å². The van der Waals surface area contributed by atoms with Crippen molar-refractivity contribution in [3.05, 3.63) is 27.6 Å². The SMILES string of the molecule is CCCC1(Cn2c(CCCl)nc3cc(I)ccc32)CC1. The maximum Gasteiger partial charge on any atom is 0.111 e. The molecule has 1 aliphatic rings. The fraction of sp³-hybridized carbons (Fsp3) is 0.562. The molecule has 1 aromatic heterocycles. The Kier molecular flexibility index (Phi) is 4.27. The molecule has 0 bridgehead atoms. The predicted octanol–water partition coefficient (Wildman–Crippen LogP) is 5.00. The van der Waals surface area contributed by atoms with Crippen LogP contribution < -0.4 is 0 Å². The Morgan fingerprint density at radius 3 is 2.85 bits per heavy atom. The standard InChI is InChI=1S/C16H20ClIN2/c1-2-6-16(7-8-16)11-20-14-4-3-12(18)10-13(14)19-15(20)5-9-17/h3-4,10H,2,5-9,11H2,1H3. The highest BCUT2D eigenvalue weighted by Crippen LogP contribution is 2.51. The summed E-state index contributed by atoms with van der Waals surface area (Å²) in [4.78, 5) is 4.81. The van der Waals surface area contributed by atoms with Crippen LogP contribution in [-0.2, 0) is 13.0 Å². The number of aromatic nitrogens is 2. The van der Waals surface area contributed by atoms with Crippen LogP contribution in [0, 0.1) is 8.99 Å². The molecule has 0 amide bonds. The van der Waals surface area contributed by atoms with Crippen LogP contribution in [0.4, 0.5) is 0 Å². The summed E-state index contributed by atoms with van der Waals surface area (Å²) in [5, 5.41) is 0. The third kappa shape index (κ3) is 2.84. The van der Waals surface area contributed by atoms with E-state index in [1.807, 2.05) is 0 Å². The van der Waals surface area contributed by atoms with Crippen LogP contribution in [0.5, 0.6) is 0 Å². The normalized spacial score (nSPS) is 16.8. The fourth-order valence-electron chi connectivity index (χ4n) is 3.13. The third-order valence-electron chi connectivity index (χ3n) is 4.34. The van der Waals surface area contributed by atoms with Gasteiger partial charge in [0, 0.05) is 22.4 Å². The Morgan fingerprint density at radius 2 is 2.20 bits per heavy atom. The van der Waals surface area contributed by atoms with E-state index in [9.17, 15) is 0 Å². The van der Waals surface area contributed by atoms with Crippen LogP contribution in [0.1, 0.15) is 38.4 Å². The lowest BCUT2D eigenvalue weighted by molar-refractivity contribution is 0.387. The highest BCUT2D eigenvalue weighted by atomic mass is 127. The Balaban J connectivity index is 2.00. The first kappa shape index (κ1) is 14.6. The minimum absolute atomic E-state index is 0.534. The van der Waals surface area contributed by atoms with Gasteiger partial charge in [-0.15, -0.1) is 11.6 Å². The molecule has 1 heterocycles. The largest absolute Gasteiger partial charge is 0.327 e. The van der Waals surface area contributed by atoms with Crippen LogP contribution in [0.15, 0.2) is 18.2 Å². The number of hydrogen-bond acceptors (Lipinski definition) is 1. The van der Waals surface area contributed by atoms with Crippen LogP contribution in [0.2, 0.25) is 0 Å². The van der Waals surface area contributed by atoms with E-state index in [2.05, 4.69) is 52.3 Å². The molecule has 3 rings (SSSR count). The molecule has 1 aliphatic carbocycles. The van der Waals surface area contributed by atoms with Crippen LogP contribution in [0.3, 0.4) is 0 Å². The van der Waals surface area contributed by atoms with Gasteiger partial charge in [0.2, 0.25) is 0 Å². The highest BCUT2D eigenvalue weighted by Gasteiger charge is 2.42. The quantitative estimate of drug-likeness (QED) is 0.491. The van der Waals surface area contributed by atoms with Crippen molar-refractivity contribution in [3.8, 4) is 0 Å². The predicted molar refractivity (Wildman–Crippen MR) is 93.4 cm³/mol. The minimum Gasteiger partial charge on any atom is -0.327 e.